The Morgan fingerprint density at radius 3 is 2.36 bits per heavy atom. The van der Waals surface area contributed by atoms with E-state index in [2.05, 4.69) is 13.8 Å². The highest BCUT2D eigenvalue weighted by Crippen LogP contribution is 2.33. The molecule has 0 radical (unpaired) electrons. The van der Waals surface area contributed by atoms with Gasteiger partial charge in [-0.3, -0.25) is 0 Å². The third-order valence-corrected chi connectivity index (χ3v) is 3.68. The van der Waals surface area contributed by atoms with Gasteiger partial charge < -0.3 is 9.94 Å². The van der Waals surface area contributed by atoms with E-state index < -0.39 is 0 Å². The molecule has 0 aliphatic rings. The summed E-state index contributed by atoms with van der Waals surface area (Å²) < 4.78 is 1.87. The average Bonchev–Trinajstić information content (AvgIpc) is 2.87. The van der Waals surface area contributed by atoms with Gasteiger partial charge in [-0.2, -0.15) is 4.73 Å². The Morgan fingerprint density at radius 2 is 1.68 bits per heavy atom. The van der Waals surface area contributed by atoms with Gasteiger partial charge in [-0.05, 0) is 12.0 Å². The second kappa shape index (κ2) is 6.24. The summed E-state index contributed by atoms with van der Waals surface area (Å²) in [6.07, 6.45) is 0. The normalized spacial score (nSPS) is 11.3. The minimum Gasteiger partial charge on any atom is -0.413 e. The second-order valence-corrected chi connectivity index (χ2v) is 5.85. The fourth-order valence-electron chi connectivity index (χ4n) is 2.68. The van der Waals surface area contributed by atoms with Gasteiger partial charge in [0.05, 0.1) is 17.8 Å². The Bertz CT molecular complexity index is 760. The molecule has 3 nitrogen and oxygen atoms in total. The largest absolute Gasteiger partial charge is 0.413 e. The van der Waals surface area contributed by atoms with Crippen molar-refractivity contribution in [2.75, 3.05) is 6.61 Å². The molecule has 1 aromatic heterocycles. The molecule has 0 spiro atoms. The first-order valence-corrected chi connectivity index (χ1v) is 7.64. The minimum atomic E-state index is -0.0111. The summed E-state index contributed by atoms with van der Waals surface area (Å²) >= 11 is 0. The molecule has 3 heteroatoms. The van der Waals surface area contributed by atoms with Crippen molar-refractivity contribution in [3.05, 3.63) is 60.2 Å². The maximum absolute atomic E-state index is 9.90. The molecule has 0 bridgehead atoms. The Kier molecular flexibility index (Phi) is 4.16. The molecule has 0 unspecified atom stereocenters. The molecule has 0 fully saturated rings. The molecule has 0 saturated heterocycles. The molecular formula is C19H21NO2. The summed E-state index contributed by atoms with van der Waals surface area (Å²) in [4.78, 5) is 6.05. The molecule has 0 saturated carbocycles. The van der Waals surface area contributed by atoms with Crippen molar-refractivity contribution in [3.63, 3.8) is 0 Å². The number of nitrogens with zero attached hydrogens (tertiary/aromatic N) is 1. The van der Waals surface area contributed by atoms with Crippen molar-refractivity contribution >= 4 is 10.9 Å². The van der Waals surface area contributed by atoms with Gasteiger partial charge in [0.15, 0.2) is 0 Å². The lowest BCUT2D eigenvalue weighted by Crippen LogP contribution is -2.17. The second-order valence-electron chi connectivity index (χ2n) is 5.85. The molecule has 114 valence electrons. The van der Waals surface area contributed by atoms with Crippen LogP contribution in [0.1, 0.15) is 19.4 Å². The predicted molar refractivity (Wildman–Crippen MR) is 89.6 cm³/mol. The standard InChI is InChI=1S/C19H21NO2/c1-14(2)13-22-20-18-11-7-6-10-16(18)17(12-21)19(20)15-8-4-3-5-9-15/h3-11,14,21H,12-13H2,1-2H3. The van der Waals surface area contributed by atoms with E-state index in [0.29, 0.717) is 12.5 Å². The lowest BCUT2D eigenvalue weighted by molar-refractivity contribution is 0.101. The van der Waals surface area contributed by atoms with Crippen molar-refractivity contribution in [2.45, 2.75) is 20.5 Å². The number of fused-ring (bicyclic) bond motifs is 1. The van der Waals surface area contributed by atoms with Crippen LogP contribution in [0.25, 0.3) is 22.2 Å². The Hall–Kier alpha value is -2.26. The Balaban J connectivity index is 2.25. The molecule has 0 aliphatic carbocycles. The molecular weight excluding hydrogens is 274 g/mol. The molecule has 0 aliphatic heterocycles. The molecule has 2 aromatic carbocycles. The molecule has 3 rings (SSSR count). The third kappa shape index (κ3) is 2.60. The number of rotatable bonds is 5. The van der Waals surface area contributed by atoms with E-state index in [1.54, 1.807) is 0 Å². The topological polar surface area (TPSA) is 34.4 Å². The van der Waals surface area contributed by atoms with Crippen LogP contribution in [0, 0.1) is 5.92 Å². The summed E-state index contributed by atoms with van der Waals surface area (Å²) in [5.74, 6) is 0.433. The van der Waals surface area contributed by atoms with E-state index in [9.17, 15) is 5.11 Å². The van der Waals surface area contributed by atoms with Gasteiger partial charge in [-0.25, -0.2) is 0 Å². The first kappa shape index (κ1) is 14.7. The van der Waals surface area contributed by atoms with Gasteiger partial charge >= 0.3 is 0 Å². The predicted octanol–water partition coefficient (Wildman–Crippen LogP) is 3.89. The average molecular weight is 295 g/mol. The zero-order valence-corrected chi connectivity index (χ0v) is 13.0. The SMILES string of the molecule is CC(C)COn1c(-c2ccccc2)c(CO)c2ccccc21. The molecule has 22 heavy (non-hydrogen) atoms. The van der Waals surface area contributed by atoms with Gasteiger partial charge in [0, 0.05) is 16.5 Å². The van der Waals surface area contributed by atoms with Crippen molar-refractivity contribution < 1.29 is 9.94 Å². The van der Waals surface area contributed by atoms with E-state index in [1.807, 2.05) is 59.3 Å². The molecule has 3 aromatic rings. The van der Waals surface area contributed by atoms with Gasteiger partial charge in [0.2, 0.25) is 0 Å². The van der Waals surface area contributed by atoms with E-state index in [1.165, 1.54) is 0 Å². The lowest BCUT2D eigenvalue weighted by atomic mass is 10.1. The van der Waals surface area contributed by atoms with Crippen LogP contribution in [0.5, 0.6) is 0 Å². The first-order chi connectivity index (χ1) is 10.7. The van der Waals surface area contributed by atoms with E-state index in [-0.39, 0.29) is 6.61 Å². The van der Waals surface area contributed by atoms with Crippen molar-refractivity contribution in [3.8, 4) is 11.3 Å². The number of aliphatic hydroxyl groups is 1. The van der Waals surface area contributed by atoms with Crippen LogP contribution in [0.3, 0.4) is 0 Å². The number of aliphatic hydroxyl groups excluding tert-OH is 1. The van der Waals surface area contributed by atoms with Crippen LogP contribution in [0.4, 0.5) is 0 Å². The zero-order chi connectivity index (χ0) is 15.5. The number of benzene rings is 2. The number of para-hydroxylation sites is 1. The lowest BCUT2D eigenvalue weighted by Gasteiger charge is -2.15. The van der Waals surface area contributed by atoms with Crippen LogP contribution < -0.4 is 4.84 Å². The Labute approximate surface area is 130 Å². The maximum Gasteiger partial charge on any atom is 0.117 e. The summed E-state index contributed by atoms with van der Waals surface area (Å²) in [6, 6.07) is 18.1. The smallest absolute Gasteiger partial charge is 0.117 e. The number of hydrogen-bond acceptors (Lipinski definition) is 2. The summed E-state index contributed by atoms with van der Waals surface area (Å²) in [6.45, 7) is 4.87. The quantitative estimate of drug-likeness (QED) is 0.775. The monoisotopic (exact) mass is 295 g/mol. The highest BCUT2D eigenvalue weighted by Gasteiger charge is 2.19. The van der Waals surface area contributed by atoms with Crippen LogP contribution in [0.15, 0.2) is 54.6 Å². The molecule has 1 heterocycles. The Morgan fingerprint density at radius 1 is 1.00 bits per heavy atom. The molecule has 1 N–H and O–H groups in total. The van der Waals surface area contributed by atoms with Crippen LogP contribution in [0.2, 0.25) is 0 Å². The summed E-state index contributed by atoms with van der Waals surface area (Å²) in [7, 11) is 0. The van der Waals surface area contributed by atoms with Crippen LogP contribution in [-0.2, 0) is 6.61 Å². The fourth-order valence-corrected chi connectivity index (χ4v) is 2.68. The van der Waals surface area contributed by atoms with Crippen LogP contribution >= 0.6 is 0 Å². The maximum atomic E-state index is 9.90. The minimum absolute atomic E-state index is 0.0111. The van der Waals surface area contributed by atoms with Gasteiger partial charge in [0.1, 0.15) is 6.61 Å². The number of aromatic nitrogens is 1. The van der Waals surface area contributed by atoms with Gasteiger partial charge in [-0.15, -0.1) is 0 Å². The summed E-state index contributed by atoms with van der Waals surface area (Å²) in [5.41, 5.74) is 3.88. The van der Waals surface area contributed by atoms with Gasteiger partial charge in [-0.1, -0.05) is 62.4 Å². The summed E-state index contributed by atoms with van der Waals surface area (Å²) in [5, 5.41) is 10.9. The zero-order valence-electron chi connectivity index (χ0n) is 13.0. The van der Waals surface area contributed by atoms with E-state index in [0.717, 1.165) is 27.7 Å². The van der Waals surface area contributed by atoms with Crippen molar-refractivity contribution in [1.82, 2.24) is 4.73 Å². The van der Waals surface area contributed by atoms with Crippen LogP contribution in [-0.4, -0.2) is 16.4 Å². The molecule has 0 amide bonds. The van der Waals surface area contributed by atoms with E-state index >= 15 is 0 Å². The van der Waals surface area contributed by atoms with Crippen molar-refractivity contribution in [1.29, 1.82) is 0 Å². The van der Waals surface area contributed by atoms with E-state index in [4.69, 9.17) is 4.84 Å². The fraction of sp³-hybridized carbons (Fsp3) is 0.263. The highest BCUT2D eigenvalue weighted by molar-refractivity contribution is 5.91. The van der Waals surface area contributed by atoms with Gasteiger partial charge in [0.25, 0.3) is 0 Å². The first-order valence-electron chi connectivity index (χ1n) is 7.64. The number of hydrogen-bond donors (Lipinski definition) is 1. The molecule has 0 atom stereocenters. The van der Waals surface area contributed by atoms with Crippen molar-refractivity contribution in [2.24, 2.45) is 5.92 Å². The highest BCUT2D eigenvalue weighted by atomic mass is 16.7. The third-order valence-electron chi connectivity index (χ3n) is 3.68.